The van der Waals surface area contributed by atoms with Crippen molar-refractivity contribution in [1.82, 2.24) is 5.32 Å². The fraction of sp³-hybridized carbons (Fsp3) is 0.176. The average molecular weight is 375 g/mol. The molecule has 0 radical (unpaired) electrons. The second-order valence-corrected chi connectivity index (χ2v) is 6.02. The van der Waals surface area contributed by atoms with Gasteiger partial charge in [0.15, 0.2) is 0 Å². The summed E-state index contributed by atoms with van der Waals surface area (Å²) in [5.41, 5.74) is 1.11. The number of anilines is 1. The molecule has 0 saturated heterocycles. The summed E-state index contributed by atoms with van der Waals surface area (Å²) in [5.74, 6) is -0.524. The number of ether oxygens (including phenoxy) is 1. The van der Waals surface area contributed by atoms with Crippen LogP contribution < -0.4 is 10.6 Å². The van der Waals surface area contributed by atoms with E-state index in [2.05, 4.69) is 15.4 Å². The third-order valence-corrected chi connectivity index (χ3v) is 4.21. The fourth-order valence-corrected chi connectivity index (χ4v) is 2.58. The van der Waals surface area contributed by atoms with E-state index in [1.54, 1.807) is 30.3 Å². The first-order valence-electron chi connectivity index (χ1n) is 7.49. The fourth-order valence-electron chi connectivity index (χ4n) is 2.14. The third-order valence-electron chi connectivity index (χ3n) is 3.48. The highest BCUT2D eigenvalue weighted by molar-refractivity contribution is 7.98. The van der Waals surface area contributed by atoms with Crippen LogP contribution in [-0.2, 0) is 11.3 Å². The molecule has 0 fully saturated rings. The van der Waals surface area contributed by atoms with Crippen molar-refractivity contribution in [2.24, 2.45) is 0 Å². The van der Waals surface area contributed by atoms with Gasteiger partial charge < -0.3 is 10.1 Å². The lowest BCUT2D eigenvalue weighted by atomic mass is 10.1. The molecule has 2 aromatic carbocycles. The van der Waals surface area contributed by atoms with Crippen LogP contribution in [0.5, 0.6) is 0 Å². The van der Waals surface area contributed by atoms with Gasteiger partial charge in [0.25, 0.3) is 11.6 Å². The number of nitrogens with zero attached hydrogens (tertiary/aromatic N) is 1. The summed E-state index contributed by atoms with van der Waals surface area (Å²) >= 11 is 1.40. The number of carbonyl (C=O) groups excluding carboxylic acids is 2. The number of benzene rings is 2. The molecule has 9 heteroatoms. The summed E-state index contributed by atoms with van der Waals surface area (Å²) in [6.07, 6.45) is 1.25. The maximum atomic E-state index is 12.4. The Bertz CT molecular complexity index is 824. The number of carbonyl (C=O) groups is 2. The molecule has 0 aliphatic heterocycles. The zero-order valence-corrected chi connectivity index (χ0v) is 15.0. The Balaban J connectivity index is 2.06. The Morgan fingerprint density at radius 3 is 2.46 bits per heavy atom. The summed E-state index contributed by atoms with van der Waals surface area (Å²) in [4.78, 5) is 34.8. The molecule has 2 N–H and O–H groups in total. The maximum absolute atomic E-state index is 12.4. The monoisotopic (exact) mass is 375 g/mol. The van der Waals surface area contributed by atoms with Crippen LogP contribution in [0.2, 0.25) is 0 Å². The van der Waals surface area contributed by atoms with E-state index >= 15 is 0 Å². The minimum Gasteiger partial charge on any atom is -0.453 e. The molecule has 0 atom stereocenters. The molecule has 0 heterocycles. The normalized spacial score (nSPS) is 10.1. The van der Waals surface area contributed by atoms with Crippen LogP contribution in [0.15, 0.2) is 47.4 Å². The van der Waals surface area contributed by atoms with Crippen molar-refractivity contribution in [3.8, 4) is 0 Å². The van der Waals surface area contributed by atoms with E-state index in [-0.39, 0.29) is 17.8 Å². The highest BCUT2D eigenvalue weighted by Gasteiger charge is 2.20. The molecule has 2 aromatic rings. The van der Waals surface area contributed by atoms with Gasteiger partial charge in [0.1, 0.15) is 5.56 Å². The third kappa shape index (κ3) is 4.96. The van der Waals surface area contributed by atoms with E-state index in [9.17, 15) is 19.7 Å². The lowest BCUT2D eigenvalue weighted by molar-refractivity contribution is -0.385. The van der Waals surface area contributed by atoms with Gasteiger partial charge in [-0.3, -0.25) is 20.2 Å². The van der Waals surface area contributed by atoms with Crippen LogP contribution in [-0.4, -0.2) is 30.3 Å². The molecule has 136 valence electrons. The Morgan fingerprint density at radius 1 is 1.19 bits per heavy atom. The van der Waals surface area contributed by atoms with Crippen LogP contribution in [0.4, 0.5) is 16.2 Å². The molecule has 0 aromatic heterocycles. The number of nitro groups is 1. The highest BCUT2D eigenvalue weighted by atomic mass is 32.2. The van der Waals surface area contributed by atoms with Crippen molar-refractivity contribution in [2.45, 2.75) is 11.4 Å². The van der Waals surface area contributed by atoms with Crippen LogP contribution >= 0.6 is 11.8 Å². The van der Waals surface area contributed by atoms with E-state index in [0.29, 0.717) is 5.69 Å². The second kappa shape index (κ2) is 8.86. The molecule has 0 unspecified atom stereocenters. The Kier molecular flexibility index (Phi) is 6.56. The molecule has 0 aliphatic carbocycles. The minimum absolute atomic E-state index is 0.0193. The first-order valence-corrected chi connectivity index (χ1v) is 8.71. The number of amides is 2. The van der Waals surface area contributed by atoms with E-state index in [0.717, 1.165) is 10.5 Å². The summed E-state index contributed by atoms with van der Waals surface area (Å²) in [6.45, 7) is 0.192. The van der Waals surface area contributed by atoms with Gasteiger partial charge in [-0.25, -0.2) is 4.79 Å². The van der Waals surface area contributed by atoms with Gasteiger partial charge in [0.2, 0.25) is 0 Å². The maximum Gasteiger partial charge on any atom is 0.411 e. The van der Waals surface area contributed by atoms with Crippen LogP contribution in [0, 0.1) is 10.1 Å². The molecule has 0 spiro atoms. The molecule has 8 nitrogen and oxygen atoms in total. The predicted molar refractivity (Wildman–Crippen MR) is 98.5 cm³/mol. The first kappa shape index (κ1) is 19.3. The van der Waals surface area contributed by atoms with Crippen LogP contribution in [0.3, 0.4) is 0 Å². The highest BCUT2D eigenvalue weighted by Crippen LogP contribution is 2.24. The van der Waals surface area contributed by atoms with E-state index in [1.165, 1.54) is 31.0 Å². The molecule has 0 saturated carbocycles. The average Bonchev–Trinajstić information content (AvgIpc) is 2.66. The Hall–Kier alpha value is -3.07. The largest absolute Gasteiger partial charge is 0.453 e. The lowest BCUT2D eigenvalue weighted by Crippen LogP contribution is -2.23. The number of nitro benzene ring substituents is 1. The molecular weight excluding hydrogens is 358 g/mol. The van der Waals surface area contributed by atoms with Gasteiger partial charge in [-0.05, 0) is 36.1 Å². The molecule has 0 aliphatic rings. The minimum atomic E-state index is -0.577. The smallest absolute Gasteiger partial charge is 0.411 e. The first-order chi connectivity index (χ1) is 12.4. The quantitative estimate of drug-likeness (QED) is 0.455. The van der Waals surface area contributed by atoms with Gasteiger partial charge in [0, 0.05) is 23.2 Å². The van der Waals surface area contributed by atoms with Gasteiger partial charge >= 0.3 is 6.09 Å². The van der Waals surface area contributed by atoms with Crippen molar-refractivity contribution < 1.29 is 19.2 Å². The van der Waals surface area contributed by atoms with Gasteiger partial charge in [0.05, 0.1) is 12.0 Å². The number of hydrogen-bond acceptors (Lipinski definition) is 6. The Morgan fingerprint density at radius 2 is 1.88 bits per heavy atom. The molecular formula is C17H17N3O5S. The van der Waals surface area contributed by atoms with Crippen molar-refractivity contribution in [3.63, 3.8) is 0 Å². The number of nitrogens with one attached hydrogen (secondary N) is 2. The predicted octanol–water partition coefficient (Wildman–Crippen LogP) is 3.43. The van der Waals surface area contributed by atoms with E-state index < -0.39 is 16.9 Å². The molecule has 26 heavy (non-hydrogen) atoms. The standard InChI is InChI=1S/C17H17N3O5S/c1-25-17(22)19-12-5-3-11(4-6-12)10-18-16(21)14-9-13(26-2)7-8-15(14)20(23)24/h3-9H,10H2,1-2H3,(H,18,21)(H,19,22). The number of hydrogen-bond donors (Lipinski definition) is 2. The van der Waals surface area contributed by atoms with Crippen molar-refractivity contribution in [3.05, 3.63) is 63.7 Å². The molecule has 2 amide bonds. The van der Waals surface area contributed by atoms with Crippen molar-refractivity contribution in [1.29, 1.82) is 0 Å². The molecule has 2 rings (SSSR count). The summed E-state index contributed by atoms with van der Waals surface area (Å²) < 4.78 is 4.50. The van der Waals surface area contributed by atoms with Gasteiger partial charge in [-0.1, -0.05) is 12.1 Å². The summed E-state index contributed by atoms with van der Waals surface area (Å²) in [5, 5.41) is 16.3. The second-order valence-electron chi connectivity index (χ2n) is 5.14. The number of rotatable bonds is 6. The van der Waals surface area contributed by atoms with Gasteiger partial charge in [-0.15, -0.1) is 11.8 Å². The zero-order valence-electron chi connectivity index (χ0n) is 14.1. The van der Waals surface area contributed by atoms with E-state index in [4.69, 9.17) is 0 Å². The van der Waals surface area contributed by atoms with E-state index in [1.807, 2.05) is 6.26 Å². The Labute approximate surface area is 154 Å². The van der Waals surface area contributed by atoms with Crippen molar-refractivity contribution >= 4 is 35.1 Å². The molecule has 0 bridgehead atoms. The number of methoxy groups -OCH3 is 1. The van der Waals surface area contributed by atoms with Crippen molar-refractivity contribution in [2.75, 3.05) is 18.7 Å². The summed E-state index contributed by atoms with van der Waals surface area (Å²) in [7, 11) is 1.27. The summed E-state index contributed by atoms with van der Waals surface area (Å²) in [6, 6.07) is 11.2. The van der Waals surface area contributed by atoms with Gasteiger partial charge in [-0.2, -0.15) is 0 Å². The zero-order chi connectivity index (χ0) is 19.1. The topological polar surface area (TPSA) is 111 Å². The SMILES string of the molecule is COC(=O)Nc1ccc(CNC(=O)c2cc(SC)ccc2[N+](=O)[O-])cc1. The van der Waals surface area contributed by atoms with Crippen LogP contribution in [0.1, 0.15) is 15.9 Å². The lowest BCUT2D eigenvalue weighted by Gasteiger charge is -2.08. The van der Waals surface area contributed by atoms with Crippen LogP contribution in [0.25, 0.3) is 0 Å². The number of thioether (sulfide) groups is 1.